The van der Waals surface area contributed by atoms with Crippen molar-refractivity contribution >= 4 is 50.8 Å². The van der Waals surface area contributed by atoms with E-state index < -0.39 is 29.4 Å². The molecule has 170 valence electrons. The van der Waals surface area contributed by atoms with E-state index in [1.54, 1.807) is 26.8 Å². The molecule has 0 atom stereocenters. The molecule has 0 spiro atoms. The quantitative estimate of drug-likeness (QED) is 0.332. The lowest BCUT2D eigenvalue weighted by atomic mass is 10.1. The topological polar surface area (TPSA) is 82.0 Å². The van der Waals surface area contributed by atoms with Crippen LogP contribution in [0.4, 0.5) is 20.2 Å². The Hall–Kier alpha value is -2.28. The molecule has 32 heavy (non-hydrogen) atoms. The first-order valence-corrected chi connectivity index (χ1v) is 10.9. The van der Waals surface area contributed by atoms with Gasteiger partial charge in [0, 0.05) is 8.96 Å². The Morgan fingerprint density at radius 3 is 2.62 bits per heavy atom. The molecule has 0 bridgehead atoms. The summed E-state index contributed by atoms with van der Waals surface area (Å²) in [5.41, 5.74) is 2.64. The second-order valence-corrected chi connectivity index (χ2v) is 9.10. The third-order valence-electron chi connectivity index (χ3n) is 4.99. The third-order valence-corrected chi connectivity index (χ3v) is 5.66. The second-order valence-electron chi connectivity index (χ2n) is 7.85. The number of ether oxygens (including phenoxy) is 2. The maximum atomic E-state index is 15.3. The van der Waals surface area contributed by atoms with Gasteiger partial charge in [-0.25, -0.2) is 14.3 Å². The van der Waals surface area contributed by atoms with Crippen LogP contribution in [0.3, 0.4) is 0 Å². The highest BCUT2D eigenvalue weighted by Gasteiger charge is 2.30. The Balaban J connectivity index is 1.63. The maximum Gasteiger partial charge on any atom is 0.277 e. The minimum Gasteiger partial charge on any atom is -0.461 e. The van der Waals surface area contributed by atoms with E-state index in [0.717, 1.165) is 0 Å². The summed E-state index contributed by atoms with van der Waals surface area (Å²) in [6, 6.07) is 5.89. The highest BCUT2D eigenvalue weighted by molar-refractivity contribution is 14.1. The number of furan rings is 1. The van der Waals surface area contributed by atoms with Gasteiger partial charge in [-0.15, -0.1) is 0 Å². The summed E-state index contributed by atoms with van der Waals surface area (Å²) in [5.74, 6) is -2.85. The molecule has 1 aliphatic rings. The summed E-state index contributed by atoms with van der Waals surface area (Å²) in [5, 5.41) is 3.11. The zero-order valence-corrected chi connectivity index (χ0v) is 19.7. The summed E-state index contributed by atoms with van der Waals surface area (Å²) in [4.78, 5) is 18.3. The van der Waals surface area contributed by atoms with Gasteiger partial charge in [0.2, 0.25) is 0 Å². The molecular formula is C22H21F2IN2O5. The normalized spacial score (nSPS) is 16.3. The molecule has 1 fully saturated rings. The van der Waals surface area contributed by atoms with Gasteiger partial charge in [0.15, 0.2) is 17.2 Å². The van der Waals surface area contributed by atoms with Gasteiger partial charge in [0.25, 0.3) is 5.91 Å². The minimum atomic E-state index is -0.815. The molecule has 1 saturated heterocycles. The van der Waals surface area contributed by atoms with Crippen LogP contribution in [0.5, 0.6) is 0 Å². The van der Waals surface area contributed by atoms with Crippen LogP contribution < -0.4 is 10.8 Å². The summed E-state index contributed by atoms with van der Waals surface area (Å²) < 4.78 is 46.7. The predicted molar refractivity (Wildman–Crippen MR) is 122 cm³/mol. The van der Waals surface area contributed by atoms with Crippen LogP contribution in [-0.2, 0) is 14.3 Å². The van der Waals surface area contributed by atoms with Crippen LogP contribution in [0, 0.1) is 22.1 Å². The van der Waals surface area contributed by atoms with Crippen LogP contribution >= 0.6 is 22.6 Å². The highest BCUT2D eigenvalue weighted by Crippen LogP contribution is 2.34. The van der Waals surface area contributed by atoms with Crippen LogP contribution in [0.1, 0.15) is 29.8 Å². The number of nitrogens with one attached hydrogen (secondary N) is 2. The molecule has 1 amide bonds. The fourth-order valence-corrected chi connectivity index (χ4v) is 3.67. The van der Waals surface area contributed by atoms with E-state index in [1.165, 1.54) is 24.5 Å². The molecule has 4 rings (SSSR count). The second kappa shape index (κ2) is 8.93. The van der Waals surface area contributed by atoms with Crippen molar-refractivity contribution in [3.63, 3.8) is 0 Å². The molecule has 0 radical (unpaired) electrons. The van der Waals surface area contributed by atoms with E-state index in [2.05, 4.69) is 10.8 Å². The monoisotopic (exact) mass is 558 g/mol. The van der Waals surface area contributed by atoms with E-state index in [9.17, 15) is 9.18 Å². The number of aryl methyl sites for hydroxylation is 1. The molecule has 0 saturated carbocycles. The number of benzene rings is 2. The van der Waals surface area contributed by atoms with Crippen LogP contribution in [0.25, 0.3) is 11.0 Å². The summed E-state index contributed by atoms with van der Waals surface area (Å²) in [6.07, 6.45) is 0.848. The molecule has 0 unspecified atom stereocenters. The van der Waals surface area contributed by atoms with Gasteiger partial charge in [0.05, 0.1) is 36.4 Å². The Morgan fingerprint density at radius 2 is 1.94 bits per heavy atom. The van der Waals surface area contributed by atoms with Gasteiger partial charge in [-0.1, -0.05) is 0 Å². The summed E-state index contributed by atoms with van der Waals surface area (Å²) in [6.45, 7) is 5.69. The van der Waals surface area contributed by atoms with Crippen molar-refractivity contribution in [3.05, 3.63) is 56.9 Å². The zero-order chi connectivity index (χ0) is 23.0. The van der Waals surface area contributed by atoms with Crippen molar-refractivity contribution < 1.29 is 32.3 Å². The third kappa shape index (κ3) is 4.72. The Morgan fingerprint density at radius 1 is 1.22 bits per heavy atom. The van der Waals surface area contributed by atoms with Gasteiger partial charge in [0.1, 0.15) is 11.9 Å². The smallest absolute Gasteiger partial charge is 0.277 e. The Kier molecular flexibility index (Phi) is 6.39. The number of fused-ring (bicyclic) bond motifs is 1. The number of hydroxylamine groups is 1. The molecule has 1 aliphatic heterocycles. The van der Waals surface area contributed by atoms with Crippen molar-refractivity contribution in [2.45, 2.75) is 32.7 Å². The number of carbonyl (C=O) groups is 1. The largest absolute Gasteiger partial charge is 0.461 e. The van der Waals surface area contributed by atoms with Gasteiger partial charge in [-0.3, -0.25) is 9.63 Å². The van der Waals surface area contributed by atoms with Crippen LogP contribution in [-0.4, -0.2) is 31.0 Å². The van der Waals surface area contributed by atoms with Crippen LogP contribution in [0.15, 0.2) is 34.9 Å². The van der Waals surface area contributed by atoms with Crippen molar-refractivity contribution in [1.29, 1.82) is 0 Å². The fraction of sp³-hybridized carbons (Fsp3) is 0.318. The summed E-state index contributed by atoms with van der Waals surface area (Å²) >= 11 is 1.97. The van der Waals surface area contributed by atoms with E-state index in [4.69, 9.17) is 18.7 Å². The standard InChI is InChI=1S/C22H21F2IN2O5/c1-11-8-29-20-14(11)7-15(21(28)27-32-13-9-30-22(2,3)31-10-13)19(18(20)24)26-17-5-4-12(25)6-16(17)23/h4-8,13,26H,9-10H2,1-3H3,(H,27,28). The number of amides is 1. The Labute approximate surface area is 196 Å². The lowest BCUT2D eigenvalue weighted by Gasteiger charge is -2.34. The fourth-order valence-electron chi connectivity index (χ4n) is 3.21. The minimum absolute atomic E-state index is 0.0122. The van der Waals surface area contributed by atoms with E-state index in [-0.39, 0.29) is 35.7 Å². The zero-order valence-electron chi connectivity index (χ0n) is 17.6. The average molecular weight is 558 g/mol. The highest BCUT2D eigenvalue weighted by atomic mass is 127. The van der Waals surface area contributed by atoms with E-state index in [0.29, 0.717) is 14.5 Å². The lowest BCUT2D eigenvalue weighted by molar-refractivity contribution is -0.284. The van der Waals surface area contributed by atoms with Crippen molar-refractivity contribution in [2.75, 3.05) is 18.5 Å². The number of hydrogen-bond acceptors (Lipinski definition) is 6. The maximum absolute atomic E-state index is 15.3. The summed E-state index contributed by atoms with van der Waals surface area (Å²) in [7, 11) is 0. The van der Waals surface area contributed by atoms with Gasteiger partial charge in [-0.05, 0) is 73.2 Å². The molecule has 2 N–H and O–H groups in total. The first kappa shape index (κ1) is 22.9. The van der Waals surface area contributed by atoms with E-state index >= 15 is 4.39 Å². The average Bonchev–Trinajstić information content (AvgIpc) is 3.11. The molecule has 10 heteroatoms. The van der Waals surface area contributed by atoms with E-state index in [1.807, 2.05) is 22.6 Å². The van der Waals surface area contributed by atoms with Gasteiger partial charge in [-0.2, -0.15) is 0 Å². The van der Waals surface area contributed by atoms with Crippen molar-refractivity contribution in [1.82, 2.24) is 5.48 Å². The molecule has 1 aromatic heterocycles. The SMILES string of the molecule is Cc1coc2c(F)c(Nc3ccc(I)cc3F)c(C(=O)NOC3COC(C)(C)OC3)cc12. The molecule has 2 heterocycles. The van der Waals surface area contributed by atoms with Crippen LogP contribution in [0.2, 0.25) is 0 Å². The first-order chi connectivity index (χ1) is 15.1. The molecule has 3 aromatic rings. The Bertz CT molecular complexity index is 1170. The predicted octanol–water partition coefficient (Wildman–Crippen LogP) is 5.18. The van der Waals surface area contributed by atoms with Gasteiger partial charge >= 0.3 is 0 Å². The van der Waals surface area contributed by atoms with Gasteiger partial charge < -0.3 is 19.2 Å². The number of hydrogen-bond donors (Lipinski definition) is 2. The molecule has 0 aliphatic carbocycles. The molecule has 7 nitrogen and oxygen atoms in total. The lowest BCUT2D eigenvalue weighted by Crippen LogP contribution is -2.45. The first-order valence-electron chi connectivity index (χ1n) is 9.81. The van der Waals surface area contributed by atoms with Crippen molar-refractivity contribution in [2.24, 2.45) is 0 Å². The molecule has 2 aromatic carbocycles. The number of carbonyl (C=O) groups excluding carboxylic acids is 1. The molecular weight excluding hydrogens is 537 g/mol. The number of halogens is 3. The van der Waals surface area contributed by atoms with Crippen molar-refractivity contribution in [3.8, 4) is 0 Å². The number of rotatable bonds is 5. The number of anilines is 2.